The molecule has 0 heterocycles. The molecule has 0 unspecified atom stereocenters. The first-order chi connectivity index (χ1) is 9.63. The molecule has 20 heavy (non-hydrogen) atoms. The van der Waals surface area contributed by atoms with Gasteiger partial charge in [0, 0.05) is 0 Å². The number of hydrogen-bond donors (Lipinski definition) is 2. The van der Waals surface area contributed by atoms with E-state index >= 15 is 0 Å². The quantitative estimate of drug-likeness (QED) is 0.572. The van der Waals surface area contributed by atoms with Crippen LogP contribution in [0.25, 0.3) is 0 Å². The van der Waals surface area contributed by atoms with Gasteiger partial charge >= 0.3 is 129 Å². The van der Waals surface area contributed by atoms with Crippen molar-refractivity contribution >= 4 is 46.4 Å². The van der Waals surface area contributed by atoms with Crippen LogP contribution in [0, 0.1) is 0 Å². The fourth-order valence-corrected chi connectivity index (χ4v) is 9.86. The summed E-state index contributed by atoms with van der Waals surface area (Å²) in [6.07, 6.45) is 0. The molecule has 0 aliphatic carbocycles. The Morgan fingerprint density at radius 3 is 1.50 bits per heavy atom. The second-order valence-electron chi connectivity index (χ2n) is 4.06. The fraction of sp³-hybridized carbons (Fsp3) is 0.143. The van der Waals surface area contributed by atoms with Crippen molar-refractivity contribution in [3.63, 3.8) is 0 Å². The van der Waals surface area contributed by atoms with Crippen LogP contribution in [0.5, 0.6) is 11.5 Å². The van der Waals surface area contributed by atoms with Crippen LogP contribution in [0.2, 0.25) is 0 Å². The third-order valence-corrected chi connectivity index (χ3v) is 11.0. The summed E-state index contributed by atoms with van der Waals surface area (Å²) in [6.45, 7) is 0. The molecule has 0 amide bonds. The zero-order chi connectivity index (χ0) is 14.5. The number of anilines is 2. The van der Waals surface area contributed by atoms with Gasteiger partial charge in [-0.1, -0.05) is 0 Å². The minimum atomic E-state index is -0.0187. The molecule has 2 rings (SSSR count). The van der Waals surface area contributed by atoms with Gasteiger partial charge in [-0.05, 0) is 0 Å². The molecule has 0 radical (unpaired) electrons. The summed E-state index contributed by atoms with van der Waals surface area (Å²) < 4.78 is 13.2. The van der Waals surface area contributed by atoms with Gasteiger partial charge < -0.3 is 0 Å². The molecule has 0 atom stereocenters. The van der Waals surface area contributed by atoms with Crippen LogP contribution in [-0.2, 0) is 0 Å². The molecular weight excluding hydrogens is 378 g/mol. The van der Waals surface area contributed by atoms with Crippen LogP contribution in [-0.4, -0.2) is 40.5 Å². The number of methoxy groups -OCH3 is 2. The molecule has 0 saturated heterocycles. The van der Waals surface area contributed by atoms with Gasteiger partial charge in [0.15, 0.2) is 0 Å². The third-order valence-electron chi connectivity index (χ3n) is 2.67. The summed E-state index contributed by atoms with van der Waals surface area (Å²) in [5, 5.41) is 0. The van der Waals surface area contributed by atoms with Gasteiger partial charge in [-0.3, -0.25) is 0 Å². The molecular formula is C14H16As2N2O2. The molecule has 0 spiro atoms. The number of nitrogens with two attached hydrogens (primary N) is 2. The molecule has 0 bridgehead atoms. The van der Waals surface area contributed by atoms with E-state index in [1.165, 1.54) is 8.70 Å². The van der Waals surface area contributed by atoms with Crippen molar-refractivity contribution in [1.29, 1.82) is 0 Å². The van der Waals surface area contributed by atoms with Crippen LogP contribution in [0.1, 0.15) is 0 Å². The first-order valence-electron chi connectivity index (χ1n) is 5.93. The Balaban J connectivity index is 2.38. The Bertz CT molecular complexity index is 590. The molecule has 0 aliphatic rings. The maximum absolute atomic E-state index is 5.86. The van der Waals surface area contributed by atoms with E-state index in [1.54, 1.807) is 14.2 Å². The Hall–Kier alpha value is -1.24. The minimum absolute atomic E-state index is 0.0187. The fourth-order valence-electron chi connectivity index (χ4n) is 1.68. The Morgan fingerprint density at radius 2 is 1.15 bits per heavy atom. The molecule has 104 valence electrons. The number of ether oxygens (including phenoxy) is 2. The second kappa shape index (κ2) is 6.96. The van der Waals surface area contributed by atoms with Crippen LogP contribution in [0.15, 0.2) is 36.4 Å². The number of nitrogen functional groups attached to an aromatic ring is 2. The number of rotatable bonds is 4. The van der Waals surface area contributed by atoms with Gasteiger partial charge in [0.25, 0.3) is 0 Å². The Morgan fingerprint density at radius 1 is 0.750 bits per heavy atom. The molecule has 0 fully saturated rings. The van der Waals surface area contributed by atoms with E-state index in [1.807, 2.05) is 36.4 Å². The van der Waals surface area contributed by atoms with E-state index in [2.05, 4.69) is 0 Å². The predicted octanol–water partition coefficient (Wildman–Crippen LogP) is 0.142. The monoisotopic (exact) mass is 394 g/mol. The summed E-state index contributed by atoms with van der Waals surface area (Å²) in [5.41, 5.74) is 13.3. The van der Waals surface area contributed by atoms with Crippen LogP contribution in [0.4, 0.5) is 11.4 Å². The molecule has 0 saturated carbocycles. The Kier molecular flexibility index (Phi) is 5.28. The number of hydrogen-bond acceptors (Lipinski definition) is 4. The van der Waals surface area contributed by atoms with Crippen molar-refractivity contribution in [2.45, 2.75) is 0 Å². The van der Waals surface area contributed by atoms with Crippen molar-refractivity contribution < 1.29 is 9.47 Å². The zero-order valence-electron chi connectivity index (χ0n) is 11.3. The van der Waals surface area contributed by atoms with E-state index in [0.29, 0.717) is 0 Å². The summed E-state index contributed by atoms with van der Waals surface area (Å²) in [5.74, 6) is 1.83. The standard InChI is InChI=1S/C14H16As2N2O2/c1-19-13-5-3-9(17)7-11(13)15-16-12-8-10(18)4-6-14(12)20-2/h3-8H,17-18H2,1-2H3. The summed E-state index contributed by atoms with van der Waals surface area (Å²) >= 11 is -0.0373. The van der Waals surface area contributed by atoms with E-state index in [9.17, 15) is 0 Å². The van der Waals surface area contributed by atoms with E-state index < -0.39 is 0 Å². The van der Waals surface area contributed by atoms with Gasteiger partial charge in [0.2, 0.25) is 0 Å². The summed E-state index contributed by atoms with van der Waals surface area (Å²) in [6, 6.07) is 11.6. The van der Waals surface area contributed by atoms with Crippen LogP contribution >= 0.6 is 0 Å². The average molecular weight is 394 g/mol. The van der Waals surface area contributed by atoms with E-state index in [-0.39, 0.29) is 26.3 Å². The molecule has 0 aromatic heterocycles. The van der Waals surface area contributed by atoms with Gasteiger partial charge in [-0.15, -0.1) is 0 Å². The molecule has 2 aromatic carbocycles. The summed E-state index contributed by atoms with van der Waals surface area (Å²) in [7, 11) is 3.38. The average Bonchev–Trinajstić information content (AvgIpc) is 2.45. The number of benzene rings is 2. The predicted molar refractivity (Wildman–Crippen MR) is 85.6 cm³/mol. The van der Waals surface area contributed by atoms with Gasteiger partial charge in [0.05, 0.1) is 0 Å². The Labute approximate surface area is 129 Å². The van der Waals surface area contributed by atoms with Gasteiger partial charge in [-0.2, -0.15) is 0 Å². The summed E-state index contributed by atoms with van der Waals surface area (Å²) in [4.78, 5) is 0. The first kappa shape index (κ1) is 15.2. The maximum atomic E-state index is 5.86. The third kappa shape index (κ3) is 3.65. The molecule has 2 aromatic rings. The molecule has 6 heteroatoms. The van der Waals surface area contributed by atoms with Crippen molar-refractivity contribution in [2.75, 3.05) is 25.7 Å². The normalized spacial score (nSPS) is 10.7. The van der Waals surface area contributed by atoms with Crippen LogP contribution < -0.4 is 29.6 Å². The SMILES string of the molecule is COc1ccc(N)cc1[As]=[As]c1cc(N)ccc1OC. The van der Waals surface area contributed by atoms with E-state index in [4.69, 9.17) is 20.9 Å². The van der Waals surface area contributed by atoms with Crippen molar-refractivity contribution in [1.82, 2.24) is 0 Å². The first-order valence-corrected chi connectivity index (χ1v) is 13.0. The van der Waals surface area contributed by atoms with Gasteiger partial charge in [-0.25, -0.2) is 0 Å². The topological polar surface area (TPSA) is 70.5 Å². The molecule has 4 N–H and O–H groups in total. The van der Waals surface area contributed by atoms with E-state index in [0.717, 1.165) is 22.9 Å². The van der Waals surface area contributed by atoms with Gasteiger partial charge in [0.1, 0.15) is 0 Å². The molecule has 0 aliphatic heterocycles. The van der Waals surface area contributed by atoms with Crippen molar-refractivity contribution in [3.8, 4) is 11.5 Å². The van der Waals surface area contributed by atoms with Crippen molar-refractivity contribution in [3.05, 3.63) is 36.4 Å². The molecule has 4 nitrogen and oxygen atoms in total. The zero-order valence-corrected chi connectivity index (χ0v) is 15.1. The second-order valence-corrected chi connectivity index (χ2v) is 11.3. The van der Waals surface area contributed by atoms with Crippen molar-refractivity contribution in [2.24, 2.45) is 0 Å². The van der Waals surface area contributed by atoms with Crippen LogP contribution in [0.3, 0.4) is 0 Å².